The van der Waals surface area contributed by atoms with Crippen molar-refractivity contribution in [1.82, 2.24) is 0 Å². The van der Waals surface area contributed by atoms with Crippen molar-refractivity contribution < 1.29 is 118 Å². The maximum atomic E-state index is 9.32. The van der Waals surface area contributed by atoms with Crippen molar-refractivity contribution in [2.24, 2.45) is 0 Å². The van der Waals surface area contributed by atoms with Crippen molar-refractivity contribution in [3.63, 3.8) is 0 Å². The Bertz CT molecular complexity index is 554. The Labute approximate surface area is 165 Å². The molecule has 0 amide bonds. The normalized spacial score (nSPS) is 13.3. The maximum Gasteiger partial charge on any atom is 3.00 e. The smallest absolute Gasteiger partial charge is 0.790 e. The van der Waals surface area contributed by atoms with Crippen LogP contribution in [0.25, 0.3) is 0 Å². The van der Waals surface area contributed by atoms with Gasteiger partial charge in [0.05, 0.1) is 46.9 Å². The van der Waals surface area contributed by atoms with E-state index in [1.165, 1.54) is 0 Å². The largest absolute Gasteiger partial charge is 3.00 e. The van der Waals surface area contributed by atoms with Crippen LogP contribution in [0.2, 0.25) is 0 Å². The van der Waals surface area contributed by atoms with Crippen LogP contribution in [0.4, 0.5) is 0 Å². The van der Waals surface area contributed by atoms with E-state index >= 15 is 0 Å². The average molecular weight is 579 g/mol. The molecule has 0 atom stereocenters. The topological polar surface area (TPSA) is 407 Å². The Balaban J connectivity index is -0.0000000960. The minimum absolute atomic E-state index is 0. The summed E-state index contributed by atoms with van der Waals surface area (Å²) < 4.78 is 63.5. The zero-order chi connectivity index (χ0) is 23.1. The van der Waals surface area contributed by atoms with Gasteiger partial charge < -0.3 is 99.0 Å². The summed E-state index contributed by atoms with van der Waals surface area (Å²) in [6.07, 6.45) is 0. The molecule has 0 bridgehead atoms. The molecule has 0 spiro atoms. The minimum atomic E-state index is -5.68. The van der Waals surface area contributed by atoms with Crippen molar-refractivity contribution in [3.05, 3.63) is 0 Å². The molecule has 0 unspecified atom stereocenters. The molecule has 0 aliphatic heterocycles. The van der Waals surface area contributed by atoms with Crippen LogP contribution >= 0.6 is 46.9 Å². The second-order valence-electron chi connectivity index (χ2n) is 2.93. The summed E-state index contributed by atoms with van der Waals surface area (Å²) in [5.41, 5.74) is 0. The van der Waals surface area contributed by atoms with E-state index in [4.69, 9.17) is 0 Å². The average Bonchev–Trinajstić information content (AvgIpc) is 1.96. The summed E-state index contributed by atoms with van der Waals surface area (Å²) in [4.78, 5) is 112. The van der Waals surface area contributed by atoms with Gasteiger partial charge in [0.25, 0.3) is 0 Å². The van der Waals surface area contributed by atoms with Gasteiger partial charge in [-0.1, -0.05) is 0 Å². The van der Waals surface area contributed by atoms with Gasteiger partial charge >= 0.3 is 18.5 Å². The second kappa shape index (κ2) is 13.0. The Hall–Kier alpha value is 1.30. The van der Waals surface area contributed by atoms with Crippen molar-refractivity contribution in [1.29, 1.82) is 0 Å². The summed E-state index contributed by atoms with van der Waals surface area (Å²) in [5.74, 6) is 0. The van der Waals surface area contributed by atoms with Crippen molar-refractivity contribution in [2.45, 2.75) is 0 Å². The molecule has 0 heterocycles. The second-order valence-corrected chi connectivity index (χ2v) is 10.3. The summed E-state index contributed by atoms with van der Waals surface area (Å²) in [6.45, 7) is 0. The number of hydrogen-bond acceptors (Lipinski definition) is 21. The van der Waals surface area contributed by atoms with E-state index in [1.54, 1.807) is 0 Å². The third kappa shape index (κ3) is 50.7. The van der Waals surface area contributed by atoms with Crippen molar-refractivity contribution >= 4 is 46.9 Å². The molecule has 1 radical (unpaired) electrons. The molecule has 0 saturated heterocycles. The third-order valence-corrected chi connectivity index (χ3v) is 5.40. The number of hydrogen-bond donors (Lipinski definition) is 0. The number of rotatable bonds is 6. The molecule has 0 saturated carbocycles. The molecule has 21 nitrogen and oxygen atoms in total. The van der Waals surface area contributed by atoms with Crippen LogP contribution in [-0.2, 0) is 57.4 Å². The molecule has 173 valence electrons. The Morgan fingerprint density at radius 3 is 0.429 bits per heavy atom. The monoisotopic (exact) mass is 579 g/mol. The molecule has 0 rings (SSSR count). The van der Waals surface area contributed by atoms with Gasteiger partial charge in [0.1, 0.15) is 0 Å². The van der Waals surface area contributed by atoms with E-state index in [9.17, 15) is 86.1 Å². The SMILES string of the molecule is O=P([O-])([O-])OP(=O)([O-])[O-].O=P([O-])([O-])OP(=O)([O-])[O-].O=P([O-])([O-])OP(=O)([O-])[O-].[Fe+3].[H+]. The van der Waals surface area contributed by atoms with Crippen LogP contribution in [-0.4, -0.2) is 0 Å². The first-order valence-electron chi connectivity index (χ1n) is 4.38. The fourth-order valence-electron chi connectivity index (χ4n) is 0.367. The minimum Gasteiger partial charge on any atom is -0.790 e. The predicted octanol–water partition coefficient (Wildman–Crippen LogP) is -9.91. The van der Waals surface area contributed by atoms with Crippen LogP contribution in [0.5, 0.6) is 0 Å². The van der Waals surface area contributed by atoms with Gasteiger partial charge in [-0.15, -0.1) is 0 Å². The van der Waals surface area contributed by atoms with Gasteiger partial charge in [0.2, 0.25) is 0 Å². The van der Waals surface area contributed by atoms with Crippen LogP contribution < -0.4 is 58.7 Å². The van der Waals surface area contributed by atoms with Crippen LogP contribution in [0.1, 0.15) is 1.43 Å². The summed E-state index contributed by atoms with van der Waals surface area (Å²) in [6, 6.07) is 0. The van der Waals surface area contributed by atoms with Gasteiger partial charge in [0.15, 0.2) is 0 Å². The number of phosphoric acid groups is 6. The van der Waals surface area contributed by atoms with Crippen LogP contribution in [0, 0.1) is 0 Å². The van der Waals surface area contributed by atoms with E-state index in [0.717, 1.165) is 0 Å². The maximum absolute atomic E-state index is 9.32. The predicted molar refractivity (Wildman–Crippen MR) is 50.0 cm³/mol. The molecular weight excluding hydrogens is 578 g/mol. The summed E-state index contributed by atoms with van der Waals surface area (Å²) >= 11 is 0. The van der Waals surface area contributed by atoms with Gasteiger partial charge in [-0.3, -0.25) is 0 Å². The van der Waals surface area contributed by atoms with Crippen LogP contribution in [0.3, 0.4) is 0 Å². The quantitative estimate of drug-likeness (QED) is 0.208. The van der Waals surface area contributed by atoms with Gasteiger partial charge in [0, 0.05) is 0 Å². The molecule has 0 aromatic rings. The molecule has 0 aliphatic carbocycles. The summed E-state index contributed by atoms with van der Waals surface area (Å²) in [7, 11) is -34.1. The van der Waals surface area contributed by atoms with E-state index < -0.39 is 46.9 Å². The fourth-order valence-corrected chi connectivity index (χ4v) is 3.31. The Morgan fingerprint density at radius 1 is 0.357 bits per heavy atom. The molecule has 28 heteroatoms. The van der Waals surface area contributed by atoms with Crippen molar-refractivity contribution in [3.8, 4) is 0 Å². The van der Waals surface area contributed by atoms with Crippen molar-refractivity contribution in [2.75, 3.05) is 0 Å². The Kier molecular flexibility index (Phi) is 17.0. The van der Waals surface area contributed by atoms with Gasteiger partial charge in [-0.05, 0) is 0 Å². The molecule has 0 aliphatic rings. The summed E-state index contributed by atoms with van der Waals surface area (Å²) in [5, 5.41) is 0. The first-order valence-corrected chi connectivity index (χ1v) is 13.1. The molecule has 28 heavy (non-hydrogen) atoms. The molecule has 0 aromatic heterocycles. The molecule has 0 fully saturated rings. The zero-order valence-corrected chi connectivity index (χ0v) is 18.1. The van der Waals surface area contributed by atoms with E-state index in [0.29, 0.717) is 0 Å². The molecular formula is HFeO21P6-8. The first-order chi connectivity index (χ1) is 11.1. The molecule has 0 aromatic carbocycles. The van der Waals surface area contributed by atoms with E-state index in [1.807, 2.05) is 0 Å². The first kappa shape index (κ1) is 36.7. The van der Waals surface area contributed by atoms with E-state index in [-0.39, 0.29) is 18.5 Å². The fraction of sp³-hybridized carbons (Fsp3) is 0. The zero-order valence-electron chi connectivity index (χ0n) is 12.6. The standard InChI is InChI=1S/Fe.3H4O7P2/c;3*1-8(2,3)7-9(4,5)6/h;3*(H2,1,2,3)(H2,4,5,6)/q+3;;;/p-11. The van der Waals surface area contributed by atoms with E-state index in [2.05, 4.69) is 12.9 Å². The third-order valence-electron chi connectivity index (χ3n) is 0.600. The van der Waals surface area contributed by atoms with Crippen LogP contribution in [0.15, 0.2) is 0 Å². The van der Waals surface area contributed by atoms with Gasteiger partial charge in [-0.2, -0.15) is 0 Å². The van der Waals surface area contributed by atoms with Gasteiger partial charge in [-0.25, -0.2) is 0 Å². The molecule has 0 N–H and O–H groups in total. The Morgan fingerprint density at radius 2 is 0.429 bits per heavy atom.